The number of thioether (sulfide) groups is 1. The molecule has 1 aliphatic heterocycles. The van der Waals surface area contributed by atoms with E-state index in [1.54, 1.807) is 0 Å². The third-order valence-corrected chi connectivity index (χ3v) is 4.44. The van der Waals surface area contributed by atoms with Crippen LogP contribution >= 0.6 is 11.8 Å². The Hall–Kier alpha value is -0.640. The van der Waals surface area contributed by atoms with Crippen LogP contribution in [0.4, 0.5) is 5.82 Å². The van der Waals surface area contributed by atoms with Gasteiger partial charge in [0.25, 0.3) is 0 Å². The van der Waals surface area contributed by atoms with Gasteiger partial charge in [-0.1, -0.05) is 13.3 Å². The van der Waals surface area contributed by atoms with Gasteiger partial charge in [-0.25, -0.2) is 4.98 Å². The van der Waals surface area contributed by atoms with Crippen LogP contribution in [0, 0.1) is 6.92 Å². The first-order chi connectivity index (χ1) is 7.74. The molecule has 0 aliphatic carbocycles. The average Bonchev–Trinajstić information content (AvgIpc) is 2.86. The molecule has 16 heavy (non-hydrogen) atoms. The average molecular weight is 239 g/mol. The molecule has 1 aromatic rings. The van der Waals surface area contributed by atoms with Crippen LogP contribution < -0.4 is 5.73 Å². The van der Waals surface area contributed by atoms with E-state index in [9.17, 15) is 0 Å². The number of anilines is 1. The minimum atomic E-state index is 0.589. The van der Waals surface area contributed by atoms with Gasteiger partial charge >= 0.3 is 0 Å². The van der Waals surface area contributed by atoms with Crippen molar-refractivity contribution in [3.8, 4) is 0 Å². The van der Waals surface area contributed by atoms with E-state index in [4.69, 9.17) is 5.73 Å². The van der Waals surface area contributed by atoms with Crippen LogP contribution in [0.25, 0.3) is 0 Å². The molecular formula is C12H21N3S. The van der Waals surface area contributed by atoms with E-state index in [1.165, 1.54) is 30.8 Å². The Balaban J connectivity index is 2.19. The molecule has 1 atom stereocenters. The van der Waals surface area contributed by atoms with E-state index < -0.39 is 0 Å². The van der Waals surface area contributed by atoms with Gasteiger partial charge in [0, 0.05) is 18.2 Å². The molecule has 0 amide bonds. The topological polar surface area (TPSA) is 43.8 Å². The second kappa shape index (κ2) is 5.13. The molecule has 3 nitrogen and oxygen atoms in total. The second-order valence-corrected chi connectivity index (χ2v) is 5.65. The number of hydrogen-bond donors (Lipinski definition) is 1. The van der Waals surface area contributed by atoms with Gasteiger partial charge in [0.2, 0.25) is 0 Å². The third kappa shape index (κ3) is 2.21. The maximum Gasteiger partial charge on any atom is 0.127 e. The van der Waals surface area contributed by atoms with E-state index in [2.05, 4.69) is 23.4 Å². The van der Waals surface area contributed by atoms with Crippen LogP contribution in [0.5, 0.6) is 0 Å². The highest BCUT2D eigenvalue weighted by Gasteiger charge is 2.24. The Labute approximate surface area is 102 Å². The Bertz CT molecular complexity index is 353. The largest absolute Gasteiger partial charge is 0.384 e. The highest BCUT2D eigenvalue weighted by atomic mass is 32.2. The van der Waals surface area contributed by atoms with Crippen molar-refractivity contribution in [2.75, 3.05) is 17.2 Å². The quantitative estimate of drug-likeness (QED) is 0.878. The van der Waals surface area contributed by atoms with E-state index in [0.717, 1.165) is 23.9 Å². The number of nitrogens with zero attached hydrogens (tertiary/aromatic N) is 2. The Morgan fingerprint density at radius 3 is 3.00 bits per heavy atom. The first-order valence-electron chi connectivity index (χ1n) is 6.14. The molecule has 2 heterocycles. The highest BCUT2D eigenvalue weighted by Crippen LogP contribution is 2.35. The molecule has 1 fully saturated rings. The SMILES string of the molecule is CCCCn1c(C)nc(C2CCSC2)c1N. The van der Waals surface area contributed by atoms with Crippen molar-refractivity contribution in [2.45, 2.75) is 45.6 Å². The van der Waals surface area contributed by atoms with Gasteiger partial charge < -0.3 is 10.3 Å². The normalized spacial score (nSPS) is 20.5. The van der Waals surface area contributed by atoms with Gasteiger partial charge in [0.1, 0.15) is 11.6 Å². The fourth-order valence-corrected chi connectivity index (χ4v) is 3.48. The van der Waals surface area contributed by atoms with Crippen molar-refractivity contribution in [3.05, 3.63) is 11.5 Å². The molecule has 90 valence electrons. The van der Waals surface area contributed by atoms with Crippen LogP contribution in [0.2, 0.25) is 0 Å². The summed E-state index contributed by atoms with van der Waals surface area (Å²) in [5, 5.41) is 0. The highest BCUT2D eigenvalue weighted by molar-refractivity contribution is 7.99. The fraction of sp³-hybridized carbons (Fsp3) is 0.750. The summed E-state index contributed by atoms with van der Waals surface area (Å²) in [4.78, 5) is 4.67. The lowest BCUT2D eigenvalue weighted by molar-refractivity contribution is 0.622. The maximum absolute atomic E-state index is 6.22. The first-order valence-corrected chi connectivity index (χ1v) is 7.29. The zero-order valence-electron chi connectivity index (χ0n) is 10.2. The molecule has 0 radical (unpaired) electrons. The number of unbranched alkanes of at least 4 members (excludes halogenated alkanes) is 1. The van der Waals surface area contributed by atoms with Crippen molar-refractivity contribution >= 4 is 17.6 Å². The summed E-state index contributed by atoms with van der Waals surface area (Å²) in [5.74, 6) is 5.03. The maximum atomic E-state index is 6.22. The summed E-state index contributed by atoms with van der Waals surface area (Å²) in [6.07, 6.45) is 3.62. The molecule has 1 aromatic heterocycles. The summed E-state index contributed by atoms with van der Waals surface area (Å²) < 4.78 is 2.18. The van der Waals surface area contributed by atoms with Gasteiger partial charge in [-0.15, -0.1) is 0 Å². The number of nitrogen functional groups attached to an aromatic ring is 1. The zero-order chi connectivity index (χ0) is 11.5. The van der Waals surface area contributed by atoms with Gasteiger partial charge in [0.15, 0.2) is 0 Å². The van der Waals surface area contributed by atoms with Crippen molar-refractivity contribution in [1.29, 1.82) is 0 Å². The minimum Gasteiger partial charge on any atom is -0.384 e. The second-order valence-electron chi connectivity index (χ2n) is 4.50. The number of nitrogens with two attached hydrogens (primary N) is 1. The molecule has 4 heteroatoms. The monoisotopic (exact) mass is 239 g/mol. The lowest BCUT2D eigenvalue weighted by atomic mass is 10.1. The number of aromatic nitrogens is 2. The van der Waals surface area contributed by atoms with E-state index in [1.807, 2.05) is 11.8 Å². The Kier molecular flexibility index (Phi) is 3.79. The zero-order valence-corrected chi connectivity index (χ0v) is 11.0. The summed E-state index contributed by atoms with van der Waals surface area (Å²) in [5.41, 5.74) is 7.37. The Morgan fingerprint density at radius 2 is 2.38 bits per heavy atom. The molecular weight excluding hydrogens is 218 g/mol. The molecule has 0 spiro atoms. The van der Waals surface area contributed by atoms with Crippen LogP contribution in [-0.4, -0.2) is 21.1 Å². The van der Waals surface area contributed by atoms with E-state index >= 15 is 0 Å². The summed E-state index contributed by atoms with van der Waals surface area (Å²) in [6, 6.07) is 0. The summed E-state index contributed by atoms with van der Waals surface area (Å²) in [7, 11) is 0. The molecule has 2 N–H and O–H groups in total. The fourth-order valence-electron chi connectivity index (χ4n) is 2.25. The predicted octanol–water partition coefficient (Wildman–Crippen LogP) is 2.79. The lowest BCUT2D eigenvalue weighted by Crippen LogP contribution is -2.07. The molecule has 0 saturated carbocycles. The van der Waals surface area contributed by atoms with Crippen molar-refractivity contribution < 1.29 is 0 Å². The van der Waals surface area contributed by atoms with Crippen LogP contribution in [0.15, 0.2) is 0 Å². The number of rotatable bonds is 4. The van der Waals surface area contributed by atoms with Gasteiger partial charge in [-0.05, 0) is 25.5 Å². The van der Waals surface area contributed by atoms with Crippen molar-refractivity contribution in [2.24, 2.45) is 0 Å². The molecule has 1 unspecified atom stereocenters. The number of imidazole rings is 1. The Morgan fingerprint density at radius 1 is 1.56 bits per heavy atom. The molecule has 2 rings (SSSR count). The molecule has 0 aromatic carbocycles. The van der Waals surface area contributed by atoms with Crippen molar-refractivity contribution in [3.63, 3.8) is 0 Å². The van der Waals surface area contributed by atoms with Gasteiger partial charge in [-0.3, -0.25) is 0 Å². The smallest absolute Gasteiger partial charge is 0.127 e. The lowest BCUT2D eigenvalue weighted by Gasteiger charge is -2.08. The van der Waals surface area contributed by atoms with E-state index in [0.29, 0.717) is 5.92 Å². The molecule has 1 aliphatic rings. The summed E-state index contributed by atoms with van der Waals surface area (Å²) in [6.45, 7) is 5.29. The van der Waals surface area contributed by atoms with Crippen LogP contribution in [0.1, 0.15) is 43.6 Å². The van der Waals surface area contributed by atoms with Gasteiger partial charge in [0.05, 0.1) is 5.69 Å². The molecule has 0 bridgehead atoms. The summed E-state index contributed by atoms with van der Waals surface area (Å²) >= 11 is 2.01. The van der Waals surface area contributed by atoms with Crippen LogP contribution in [-0.2, 0) is 6.54 Å². The number of aryl methyl sites for hydroxylation is 1. The predicted molar refractivity (Wildman–Crippen MR) is 71.0 cm³/mol. The first kappa shape index (κ1) is 11.8. The third-order valence-electron chi connectivity index (χ3n) is 3.28. The van der Waals surface area contributed by atoms with Gasteiger partial charge in [-0.2, -0.15) is 11.8 Å². The van der Waals surface area contributed by atoms with Crippen molar-refractivity contribution in [1.82, 2.24) is 9.55 Å². The van der Waals surface area contributed by atoms with E-state index in [-0.39, 0.29) is 0 Å². The minimum absolute atomic E-state index is 0.589. The number of hydrogen-bond acceptors (Lipinski definition) is 3. The standard InChI is InChI=1S/C12H21N3S/c1-3-4-6-15-9(2)14-11(12(15)13)10-5-7-16-8-10/h10H,3-8,13H2,1-2H3. The van der Waals surface area contributed by atoms with Crippen LogP contribution in [0.3, 0.4) is 0 Å². The molecule has 1 saturated heterocycles.